The van der Waals surface area contributed by atoms with Gasteiger partial charge in [-0.25, -0.2) is 9.48 Å². The Balaban J connectivity index is 2.02. The number of thiophene rings is 1. The van der Waals surface area contributed by atoms with Crippen molar-refractivity contribution in [3.8, 4) is 5.75 Å². The molecule has 0 aliphatic rings. The average molecular weight is 383 g/mol. The molecule has 0 fully saturated rings. The Morgan fingerprint density at radius 3 is 2.89 bits per heavy atom. The first-order chi connectivity index (χ1) is 12.9. The van der Waals surface area contributed by atoms with Gasteiger partial charge >= 0.3 is 5.97 Å². The number of carboxylic acids is 1. The number of aromatic carboxylic acids is 1. The zero-order valence-corrected chi connectivity index (χ0v) is 15.3. The summed E-state index contributed by atoms with van der Waals surface area (Å²) in [5, 5.41) is 25.4. The number of hydrogen-bond acceptors (Lipinski definition) is 5. The lowest BCUT2D eigenvalue weighted by Crippen LogP contribution is -2.22. The van der Waals surface area contributed by atoms with E-state index in [9.17, 15) is 19.8 Å². The van der Waals surface area contributed by atoms with Crippen LogP contribution in [0.2, 0.25) is 0 Å². The van der Waals surface area contributed by atoms with Crippen molar-refractivity contribution in [2.24, 2.45) is 0 Å². The van der Waals surface area contributed by atoms with E-state index in [0.717, 1.165) is 22.6 Å². The minimum atomic E-state index is -1.33. The van der Waals surface area contributed by atoms with E-state index in [1.807, 2.05) is 19.1 Å². The first-order valence-corrected chi connectivity index (χ1v) is 8.88. The highest BCUT2D eigenvalue weighted by molar-refractivity contribution is 7.17. The molecule has 0 unspecified atom stereocenters. The van der Waals surface area contributed by atoms with E-state index in [1.54, 1.807) is 40.7 Å². The highest BCUT2D eigenvalue weighted by Gasteiger charge is 2.22. The fraction of sp³-hybridized carbons (Fsp3) is 0.105. The molecule has 27 heavy (non-hydrogen) atoms. The highest BCUT2D eigenvalue weighted by atomic mass is 32.1. The zero-order valence-electron chi connectivity index (χ0n) is 14.5. The third kappa shape index (κ3) is 3.47. The monoisotopic (exact) mass is 383 g/mol. The summed E-state index contributed by atoms with van der Waals surface area (Å²) in [5.74, 6) is -2.08. The number of hydrogen-bond donors (Lipinski definition) is 2. The number of aromatic nitrogens is 3. The van der Waals surface area contributed by atoms with Gasteiger partial charge in [-0.2, -0.15) is 5.10 Å². The summed E-state index contributed by atoms with van der Waals surface area (Å²) in [7, 11) is 0. The predicted octanol–water partition coefficient (Wildman–Crippen LogP) is 3.31. The molecule has 0 aliphatic carbocycles. The van der Waals surface area contributed by atoms with E-state index in [0.29, 0.717) is 10.2 Å². The normalized spacial score (nSPS) is 12.1. The number of carbonyl (C=O) groups is 1. The Kier molecular flexibility index (Phi) is 5.09. The quantitative estimate of drug-likeness (QED) is 0.637. The van der Waals surface area contributed by atoms with Crippen molar-refractivity contribution in [3.63, 3.8) is 0 Å². The largest absolute Gasteiger partial charge is 0.502 e. The molecule has 3 heterocycles. The topological polar surface area (TPSA) is 97.3 Å². The van der Waals surface area contributed by atoms with Crippen LogP contribution in [-0.4, -0.2) is 30.5 Å². The second kappa shape index (κ2) is 7.46. The van der Waals surface area contributed by atoms with Crippen LogP contribution >= 0.6 is 11.3 Å². The highest BCUT2D eigenvalue weighted by Crippen LogP contribution is 2.29. The number of rotatable bonds is 6. The SMILES string of the molecule is C=C/C=C\C=C(/C)n1cc(Cn2c(=O)c(O)c(C(=O)O)c3sccc32)cn1. The number of allylic oxidation sites excluding steroid dienone is 5. The maximum atomic E-state index is 12.5. The molecule has 0 saturated heterocycles. The van der Waals surface area contributed by atoms with Crippen molar-refractivity contribution in [2.45, 2.75) is 13.5 Å². The van der Waals surface area contributed by atoms with Gasteiger partial charge in [0, 0.05) is 17.5 Å². The molecule has 3 rings (SSSR count). The molecule has 2 N–H and O–H groups in total. The van der Waals surface area contributed by atoms with E-state index in [2.05, 4.69) is 11.7 Å². The van der Waals surface area contributed by atoms with Crippen LogP contribution in [0, 0.1) is 0 Å². The molecule has 0 atom stereocenters. The first kappa shape index (κ1) is 18.4. The summed E-state index contributed by atoms with van der Waals surface area (Å²) in [6.07, 6.45) is 10.6. The number of nitrogens with zero attached hydrogens (tertiary/aromatic N) is 3. The van der Waals surface area contributed by atoms with Crippen LogP contribution in [0.4, 0.5) is 0 Å². The fourth-order valence-corrected chi connectivity index (χ4v) is 3.61. The molecule has 7 nitrogen and oxygen atoms in total. The third-order valence-corrected chi connectivity index (χ3v) is 4.90. The van der Waals surface area contributed by atoms with E-state index < -0.39 is 17.3 Å². The fourth-order valence-electron chi connectivity index (χ4n) is 2.68. The Morgan fingerprint density at radius 2 is 2.19 bits per heavy atom. The zero-order chi connectivity index (χ0) is 19.6. The summed E-state index contributed by atoms with van der Waals surface area (Å²) in [6.45, 7) is 5.66. The average Bonchev–Trinajstić information content (AvgIpc) is 3.28. The number of carboxylic acid groups (broad SMARTS) is 1. The van der Waals surface area contributed by atoms with Gasteiger partial charge < -0.3 is 10.2 Å². The second-order valence-electron chi connectivity index (χ2n) is 5.78. The van der Waals surface area contributed by atoms with Crippen molar-refractivity contribution in [3.05, 3.63) is 76.2 Å². The number of fused-ring (bicyclic) bond motifs is 1. The maximum Gasteiger partial charge on any atom is 0.341 e. The van der Waals surface area contributed by atoms with Gasteiger partial charge in [0.25, 0.3) is 5.56 Å². The summed E-state index contributed by atoms with van der Waals surface area (Å²) >= 11 is 1.16. The molecule has 8 heteroatoms. The summed E-state index contributed by atoms with van der Waals surface area (Å²) in [5.41, 5.74) is 0.982. The maximum absolute atomic E-state index is 12.5. The van der Waals surface area contributed by atoms with Crippen molar-refractivity contribution in [2.75, 3.05) is 0 Å². The Labute approximate surface area is 158 Å². The lowest BCUT2D eigenvalue weighted by Gasteiger charge is -2.09. The minimum Gasteiger partial charge on any atom is -0.502 e. The second-order valence-corrected chi connectivity index (χ2v) is 6.69. The lowest BCUT2D eigenvalue weighted by atomic mass is 10.2. The molecular formula is C19H17N3O4S. The van der Waals surface area contributed by atoms with Gasteiger partial charge in [-0.05, 0) is 24.4 Å². The van der Waals surface area contributed by atoms with Crippen LogP contribution in [0.15, 0.2) is 59.5 Å². The minimum absolute atomic E-state index is 0.162. The van der Waals surface area contributed by atoms with Crippen molar-refractivity contribution < 1.29 is 15.0 Å². The van der Waals surface area contributed by atoms with E-state index >= 15 is 0 Å². The predicted molar refractivity (Wildman–Crippen MR) is 105 cm³/mol. The van der Waals surface area contributed by atoms with Gasteiger partial charge in [0.15, 0.2) is 5.75 Å². The molecule has 0 bridgehead atoms. The first-order valence-electron chi connectivity index (χ1n) is 8.00. The molecular weight excluding hydrogens is 366 g/mol. The molecule has 0 aromatic carbocycles. The molecule has 3 aromatic rings. The van der Waals surface area contributed by atoms with E-state index in [-0.39, 0.29) is 12.1 Å². The lowest BCUT2D eigenvalue weighted by molar-refractivity contribution is 0.0695. The summed E-state index contributed by atoms with van der Waals surface area (Å²) in [4.78, 5) is 23.9. The smallest absolute Gasteiger partial charge is 0.341 e. The summed E-state index contributed by atoms with van der Waals surface area (Å²) < 4.78 is 3.38. The Hall–Kier alpha value is -3.39. The molecule has 3 aromatic heterocycles. The van der Waals surface area contributed by atoms with Gasteiger partial charge in [-0.1, -0.05) is 24.8 Å². The molecule has 138 valence electrons. The number of pyridine rings is 1. The van der Waals surface area contributed by atoms with Gasteiger partial charge in [-0.15, -0.1) is 11.3 Å². The van der Waals surface area contributed by atoms with Crippen LogP contribution in [0.1, 0.15) is 22.8 Å². The van der Waals surface area contributed by atoms with Gasteiger partial charge in [0.2, 0.25) is 0 Å². The van der Waals surface area contributed by atoms with Gasteiger partial charge in [0.1, 0.15) is 5.56 Å². The molecule has 0 aliphatic heterocycles. The number of aromatic hydroxyl groups is 1. The van der Waals surface area contributed by atoms with Crippen LogP contribution in [0.3, 0.4) is 0 Å². The molecule has 0 amide bonds. The van der Waals surface area contributed by atoms with Crippen LogP contribution < -0.4 is 5.56 Å². The van der Waals surface area contributed by atoms with Crippen LogP contribution in [-0.2, 0) is 6.54 Å². The molecule has 0 saturated carbocycles. The Morgan fingerprint density at radius 1 is 1.41 bits per heavy atom. The van der Waals surface area contributed by atoms with E-state index in [4.69, 9.17) is 0 Å². The third-order valence-electron chi connectivity index (χ3n) is 3.98. The van der Waals surface area contributed by atoms with Crippen molar-refractivity contribution in [1.82, 2.24) is 14.3 Å². The van der Waals surface area contributed by atoms with Gasteiger partial charge in [0.05, 0.1) is 23.0 Å². The summed E-state index contributed by atoms with van der Waals surface area (Å²) in [6, 6.07) is 1.67. The van der Waals surface area contributed by atoms with Crippen molar-refractivity contribution in [1.29, 1.82) is 0 Å². The van der Waals surface area contributed by atoms with Gasteiger partial charge in [-0.3, -0.25) is 9.36 Å². The standard InChI is InChI=1S/C19H17N3O4S/c1-3-4-5-6-12(2)22-11-13(9-20-22)10-21-14-7-8-27-17(14)15(19(25)26)16(23)18(21)24/h3-9,11,23H,1,10H2,2H3,(H,25,26)/b5-4-,12-6+. The van der Waals surface area contributed by atoms with Crippen LogP contribution in [0.5, 0.6) is 5.75 Å². The van der Waals surface area contributed by atoms with Crippen LogP contribution in [0.25, 0.3) is 15.9 Å². The molecule has 0 radical (unpaired) electrons. The van der Waals surface area contributed by atoms with Crippen molar-refractivity contribution >= 4 is 33.2 Å². The Bertz CT molecular complexity index is 1150. The van der Waals surface area contributed by atoms with E-state index in [1.165, 1.54) is 4.57 Å². The molecule has 0 spiro atoms.